The van der Waals surface area contributed by atoms with Crippen molar-refractivity contribution in [2.24, 2.45) is 0 Å². The van der Waals surface area contributed by atoms with Crippen LogP contribution >= 0.6 is 0 Å². The summed E-state index contributed by atoms with van der Waals surface area (Å²) < 4.78 is 2.56. The standard InChI is InChI=1S/C38H74N2/c1-5-8-11-13-15-17-18-19-20-21-23-24-26-29-31-36(4)40-35-34-39-38(40)37(32-28-10-7-3)33-30-27-25-22-16-14-12-9-6-2/h34-37H,5-33H2,1-4H3. The molecule has 2 nitrogen and oxygen atoms in total. The monoisotopic (exact) mass is 559 g/mol. The minimum atomic E-state index is 0.589. The van der Waals surface area contributed by atoms with E-state index in [1.165, 1.54) is 192 Å². The summed E-state index contributed by atoms with van der Waals surface area (Å²) in [4.78, 5) is 4.95. The molecule has 0 saturated carbocycles. The smallest absolute Gasteiger partial charge is 0.111 e. The summed E-state index contributed by atoms with van der Waals surface area (Å²) in [5.41, 5.74) is 0. The van der Waals surface area contributed by atoms with Crippen LogP contribution in [-0.2, 0) is 0 Å². The number of unbranched alkanes of at least 4 members (excludes halogenated alkanes) is 23. The van der Waals surface area contributed by atoms with Gasteiger partial charge in [0, 0.05) is 24.4 Å². The lowest BCUT2D eigenvalue weighted by molar-refractivity contribution is 0.414. The Hall–Kier alpha value is -0.790. The Balaban J connectivity index is 2.24. The fraction of sp³-hybridized carbons (Fsp3) is 0.921. The molecule has 1 aromatic heterocycles. The molecular formula is C38H74N2. The molecular weight excluding hydrogens is 484 g/mol. The SMILES string of the molecule is CCCCCCCCCCCCCCCCC(C)n1ccnc1C(CCCCC)CCCCCCCCCCC. The van der Waals surface area contributed by atoms with Crippen LogP contribution in [0.15, 0.2) is 12.4 Å². The summed E-state index contributed by atoms with van der Waals surface area (Å²) in [7, 11) is 0. The Morgan fingerprint density at radius 3 is 1.23 bits per heavy atom. The highest BCUT2D eigenvalue weighted by atomic mass is 15.1. The van der Waals surface area contributed by atoms with Crippen LogP contribution in [0, 0.1) is 0 Å². The zero-order valence-electron chi connectivity index (χ0n) is 28.2. The van der Waals surface area contributed by atoms with E-state index in [0.29, 0.717) is 12.0 Å². The van der Waals surface area contributed by atoms with Crippen molar-refractivity contribution in [2.75, 3.05) is 0 Å². The van der Waals surface area contributed by atoms with Crippen molar-refractivity contribution in [1.82, 2.24) is 9.55 Å². The molecule has 2 unspecified atom stereocenters. The second-order valence-electron chi connectivity index (χ2n) is 13.2. The van der Waals surface area contributed by atoms with Crippen molar-refractivity contribution >= 4 is 0 Å². The minimum absolute atomic E-state index is 0.589. The van der Waals surface area contributed by atoms with E-state index in [2.05, 4.69) is 44.7 Å². The maximum Gasteiger partial charge on any atom is 0.111 e. The maximum absolute atomic E-state index is 4.95. The van der Waals surface area contributed by atoms with Gasteiger partial charge in [-0.25, -0.2) is 4.98 Å². The van der Waals surface area contributed by atoms with Gasteiger partial charge in [0.05, 0.1) is 0 Å². The Morgan fingerprint density at radius 2 is 0.800 bits per heavy atom. The molecule has 0 aromatic carbocycles. The molecule has 0 amide bonds. The molecule has 236 valence electrons. The van der Waals surface area contributed by atoms with Crippen LogP contribution in [0.2, 0.25) is 0 Å². The Morgan fingerprint density at radius 1 is 0.475 bits per heavy atom. The van der Waals surface area contributed by atoms with Crippen LogP contribution in [0.3, 0.4) is 0 Å². The zero-order valence-corrected chi connectivity index (χ0v) is 28.2. The summed E-state index contributed by atoms with van der Waals surface area (Å²) in [5, 5.41) is 0. The van der Waals surface area contributed by atoms with Gasteiger partial charge in [-0.1, -0.05) is 188 Å². The van der Waals surface area contributed by atoms with Crippen LogP contribution in [0.25, 0.3) is 0 Å². The average molecular weight is 559 g/mol. The molecule has 0 N–H and O–H groups in total. The van der Waals surface area contributed by atoms with E-state index in [4.69, 9.17) is 4.98 Å². The molecule has 0 fully saturated rings. The minimum Gasteiger partial charge on any atom is -0.332 e. The van der Waals surface area contributed by atoms with Gasteiger partial charge in [0.15, 0.2) is 0 Å². The van der Waals surface area contributed by atoms with Gasteiger partial charge >= 0.3 is 0 Å². The van der Waals surface area contributed by atoms with Gasteiger partial charge in [0.25, 0.3) is 0 Å². The van der Waals surface area contributed by atoms with Crippen molar-refractivity contribution in [1.29, 1.82) is 0 Å². The van der Waals surface area contributed by atoms with Crippen LogP contribution in [-0.4, -0.2) is 9.55 Å². The Bertz CT molecular complexity index is 621. The quantitative estimate of drug-likeness (QED) is 0.0828. The fourth-order valence-corrected chi connectivity index (χ4v) is 6.53. The van der Waals surface area contributed by atoms with Crippen molar-refractivity contribution < 1.29 is 0 Å². The molecule has 0 aliphatic rings. The van der Waals surface area contributed by atoms with Crippen molar-refractivity contribution in [3.05, 3.63) is 18.2 Å². The summed E-state index contributed by atoms with van der Waals surface area (Å²) >= 11 is 0. The third-order valence-corrected chi connectivity index (χ3v) is 9.33. The van der Waals surface area contributed by atoms with E-state index >= 15 is 0 Å². The zero-order chi connectivity index (χ0) is 28.9. The lowest BCUT2D eigenvalue weighted by atomic mass is 9.93. The predicted octanol–water partition coefficient (Wildman–Crippen LogP) is 13.9. The molecule has 0 radical (unpaired) electrons. The van der Waals surface area contributed by atoms with Gasteiger partial charge in [-0.3, -0.25) is 0 Å². The lowest BCUT2D eigenvalue weighted by Crippen LogP contribution is -2.13. The predicted molar refractivity (Wildman–Crippen MR) is 181 cm³/mol. The van der Waals surface area contributed by atoms with E-state index in [1.807, 2.05) is 0 Å². The summed E-state index contributed by atoms with van der Waals surface area (Å²) in [5.74, 6) is 2.05. The molecule has 0 saturated heterocycles. The van der Waals surface area contributed by atoms with Crippen LogP contribution in [0.5, 0.6) is 0 Å². The van der Waals surface area contributed by atoms with E-state index in [1.54, 1.807) is 0 Å². The van der Waals surface area contributed by atoms with E-state index in [-0.39, 0.29) is 0 Å². The van der Waals surface area contributed by atoms with Crippen LogP contribution < -0.4 is 0 Å². The molecule has 0 aliphatic carbocycles. The van der Waals surface area contributed by atoms with Gasteiger partial charge in [-0.05, 0) is 26.2 Å². The highest BCUT2D eigenvalue weighted by Gasteiger charge is 2.19. The summed E-state index contributed by atoms with van der Waals surface area (Å²) in [6, 6.07) is 0.589. The molecule has 40 heavy (non-hydrogen) atoms. The summed E-state index contributed by atoms with van der Waals surface area (Å²) in [6.07, 6.45) is 45.3. The van der Waals surface area contributed by atoms with Gasteiger partial charge in [0.1, 0.15) is 5.82 Å². The first-order valence-electron chi connectivity index (χ1n) is 18.8. The number of imidazole rings is 1. The van der Waals surface area contributed by atoms with Gasteiger partial charge in [-0.2, -0.15) is 0 Å². The molecule has 1 aromatic rings. The third kappa shape index (κ3) is 20.1. The first-order chi connectivity index (χ1) is 19.7. The second kappa shape index (κ2) is 28.3. The first kappa shape index (κ1) is 37.2. The normalized spacial score (nSPS) is 13.2. The highest BCUT2D eigenvalue weighted by Crippen LogP contribution is 2.30. The number of aromatic nitrogens is 2. The molecule has 0 bridgehead atoms. The molecule has 0 spiro atoms. The maximum atomic E-state index is 4.95. The highest BCUT2D eigenvalue weighted by molar-refractivity contribution is 5.02. The molecule has 1 heterocycles. The van der Waals surface area contributed by atoms with E-state index in [9.17, 15) is 0 Å². The molecule has 1 rings (SSSR count). The first-order valence-corrected chi connectivity index (χ1v) is 18.8. The van der Waals surface area contributed by atoms with Gasteiger partial charge in [0.2, 0.25) is 0 Å². The van der Waals surface area contributed by atoms with E-state index < -0.39 is 0 Å². The fourth-order valence-electron chi connectivity index (χ4n) is 6.53. The van der Waals surface area contributed by atoms with E-state index in [0.717, 1.165) is 0 Å². The molecule has 2 atom stereocenters. The van der Waals surface area contributed by atoms with Crippen LogP contribution in [0.4, 0.5) is 0 Å². The van der Waals surface area contributed by atoms with Gasteiger partial charge < -0.3 is 4.57 Å². The Kier molecular flexibility index (Phi) is 26.4. The van der Waals surface area contributed by atoms with Crippen LogP contribution in [0.1, 0.15) is 232 Å². The second-order valence-corrected chi connectivity index (χ2v) is 13.2. The molecule has 0 aliphatic heterocycles. The third-order valence-electron chi connectivity index (χ3n) is 9.33. The average Bonchev–Trinajstić information content (AvgIpc) is 3.45. The lowest BCUT2D eigenvalue weighted by Gasteiger charge is -2.22. The summed E-state index contributed by atoms with van der Waals surface area (Å²) in [6.45, 7) is 9.38. The number of nitrogens with zero attached hydrogens (tertiary/aromatic N) is 2. The number of hydrogen-bond donors (Lipinski definition) is 0. The topological polar surface area (TPSA) is 17.8 Å². The van der Waals surface area contributed by atoms with Crippen molar-refractivity contribution in [3.8, 4) is 0 Å². The molecule has 2 heteroatoms. The number of rotatable bonds is 31. The largest absolute Gasteiger partial charge is 0.332 e. The number of hydrogen-bond acceptors (Lipinski definition) is 1. The van der Waals surface area contributed by atoms with Crippen molar-refractivity contribution in [2.45, 2.75) is 226 Å². The van der Waals surface area contributed by atoms with Crippen molar-refractivity contribution in [3.63, 3.8) is 0 Å². The Labute approximate surface area is 253 Å². The van der Waals surface area contributed by atoms with Gasteiger partial charge in [-0.15, -0.1) is 0 Å².